The van der Waals surface area contributed by atoms with E-state index in [2.05, 4.69) is 43.8 Å². The van der Waals surface area contributed by atoms with Crippen LogP contribution in [-0.4, -0.2) is 63.4 Å². The number of carbonyl (C=O) groups excluding carboxylic acids is 1. The standard InChI is InChI=1S/C30H33N7O2/c1-36-28(22-7-9-24(10-8-22)33-29(38)23-5-6-23)26(20-32-36)27-11-13-31-30(35-27)34-25-4-2-3-21(19-25)12-14-37-15-17-39-18-16-37/h2-4,7-11,13,19-20,23H,5-6,12,14-18H2,1H3,(H,33,38)(H,31,34,35). The molecule has 1 amide bonds. The van der Waals surface area contributed by atoms with Crippen LogP contribution < -0.4 is 10.6 Å². The Balaban J connectivity index is 1.17. The number of nitrogens with zero attached hydrogens (tertiary/aromatic N) is 5. The minimum atomic E-state index is 0.104. The van der Waals surface area contributed by atoms with Gasteiger partial charge in [-0.2, -0.15) is 5.10 Å². The Hall–Kier alpha value is -4.08. The fourth-order valence-corrected chi connectivity index (χ4v) is 4.88. The summed E-state index contributed by atoms with van der Waals surface area (Å²) >= 11 is 0. The minimum absolute atomic E-state index is 0.104. The van der Waals surface area contributed by atoms with Gasteiger partial charge in [0, 0.05) is 61.3 Å². The maximum absolute atomic E-state index is 12.1. The highest BCUT2D eigenvalue weighted by Crippen LogP contribution is 2.33. The predicted molar refractivity (Wildman–Crippen MR) is 152 cm³/mol. The Morgan fingerprint density at radius 3 is 2.67 bits per heavy atom. The second-order valence-electron chi connectivity index (χ2n) is 10.2. The highest BCUT2D eigenvalue weighted by molar-refractivity contribution is 5.94. The van der Waals surface area contributed by atoms with Gasteiger partial charge in [-0.1, -0.05) is 24.3 Å². The quantitative estimate of drug-likeness (QED) is 0.333. The Morgan fingerprint density at radius 2 is 1.87 bits per heavy atom. The Kier molecular flexibility index (Phi) is 7.33. The van der Waals surface area contributed by atoms with E-state index in [-0.39, 0.29) is 11.8 Å². The van der Waals surface area contributed by atoms with E-state index in [1.54, 1.807) is 6.20 Å². The predicted octanol–water partition coefficient (Wildman–Crippen LogP) is 4.51. The van der Waals surface area contributed by atoms with Gasteiger partial charge in [0.25, 0.3) is 0 Å². The zero-order chi connectivity index (χ0) is 26.6. The molecule has 0 unspecified atom stereocenters. The van der Waals surface area contributed by atoms with Crippen LogP contribution in [0, 0.1) is 5.92 Å². The molecule has 1 saturated heterocycles. The molecule has 0 radical (unpaired) electrons. The lowest BCUT2D eigenvalue weighted by Gasteiger charge is -2.26. The number of amides is 1. The second-order valence-corrected chi connectivity index (χ2v) is 10.2. The number of carbonyl (C=O) groups is 1. The molecule has 0 bridgehead atoms. The molecule has 1 saturated carbocycles. The maximum Gasteiger partial charge on any atom is 0.227 e. The van der Waals surface area contributed by atoms with Crippen LogP contribution in [0.5, 0.6) is 0 Å². The molecule has 9 nitrogen and oxygen atoms in total. The molecular weight excluding hydrogens is 490 g/mol. The Labute approximate surface area is 228 Å². The highest BCUT2D eigenvalue weighted by Gasteiger charge is 2.29. The fourth-order valence-electron chi connectivity index (χ4n) is 4.88. The molecule has 2 aromatic heterocycles. The van der Waals surface area contributed by atoms with Crippen LogP contribution in [0.3, 0.4) is 0 Å². The number of nitrogens with one attached hydrogen (secondary N) is 2. The van der Waals surface area contributed by atoms with Crippen LogP contribution in [0.4, 0.5) is 17.3 Å². The van der Waals surface area contributed by atoms with Crippen LogP contribution in [0.1, 0.15) is 18.4 Å². The molecule has 2 aliphatic rings. The number of morpholine rings is 1. The second kappa shape index (κ2) is 11.3. The molecule has 0 spiro atoms. The molecule has 2 aromatic carbocycles. The fraction of sp³-hybridized carbons (Fsp3) is 0.333. The lowest BCUT2D eigenvalue weighted by molar-refractivity contribution is -0.117. The topological polar surface area (TPSA) is 97.2 Å². The zero-order valence-electron chi connectivity index (χ0n) is 22.1. The van der Waals surface area contributed by atoms with E-state index in [0.29, 0.717) is 5.95 Å². The van der Waals surface area contributed by atoms with Crippen LogP contribution in [0.25, 0.3) is 22.5 Å². The molecule has 1 aliphatic carbocycles. The van der Waals surface area contributed by atoms with Gasteiger partial charge in [-0.25, -0.2) is 9.97 Å². The van der Waals surface area contributed by atoms with E-state index in [4.69, 9.17) is 9.72 Å². The van der Waals surface area contributed by atoms with Gasteiger partial charge in [0.05, 0.1) is 30.8 Å². The average Bonchev–Trinajstić information content (AvgIpc) is 3.75. The van der Waals surface area contributed by atoms with E-state index in [1.807, 2.05) is 54.3 Å². The van der Waals surface area contributed by atoms with Gasteiger partial charge in [0.1, 0.15) is 0 Å². The van der Waals surface area contributed by atoms with Crippen LogP contribution >= 0.6 is 0 Å². The third-order valence-corrected chi connectivity index (χ3v) is 7.25. The van der Waals surface area contributed by atoms with Crippen molar-refractivity contribution in [2.45, 2.75) is 19.3 Å². The van der Waals surface area contributed by atoms with Crippen molar-refractivity contribution in [2.24, 2.45) is 13.0 Å². The summed E-state index contributed by atoms with van der Waals surface area (Å²) in [6, 6.07) is 18.2. The SMILES string of the molecule is Cn1ncc(-c2ccnc(Nc3cccc(CCN4CCOCC4)c3)n2)c1-c1ccc(NC(=O)C2CC2)cc1. The smallest absolute Gasteiger partial charge is 0.227 e. The molecule has 9 heteroatoms. The Morgan fingerprint density at radius 1 is 1.05 bits per heavy atom. The molecule has 1 aliphatic heterocycles. The van der Waals surface area contributed by atoms with E-state index in [1.165, 1.54) is 5.56 Å². The zero-order valence-corrected chi connectivity index (χ0v) is 22.1. The summed E-state index contributed by atoms with van der Waals surface area (Å²) in [6.45, 7) is 4.65. The van der Waals surface area contributed by atoms with Gasteiger partial charge < -0.3 is 15.4 Å². The van der Waals surface area contributed by atoms with Gasteiger partial charge >= 0.3 is 0 Å². The Bertz CT molecular complexity index is 1440. The molecule has 3 heterocycles. The molecular formula is C30H33N7O2. The third kappa shape index (κ3) is 6.16. The molecule has 6 rings (SSSR count). The first kappa shape index (κ1) is 25.2. The summed E-state index contributed by atoms with van der Waals surface area (Å²) in [4.78, 5) is 23.8. The van der Waals surface area contributed by atoms with Crippen molar-refractivity contribution in [3.05, 3.63) is 72.6 Å². The van der Waals surface area contributed by atoms with Crippen molar-refractivity contribution in [1.82, 2.24) is 24.6 Å². The summed E-state index contributed by atoms with van der Waals surface area (Å²) in [6.07, 6.45) is 6.55. The summed E-state index contributed by atoms with van der Waals surface area (Å²) in [5, 5.41) is 10.9. The summed E-state index contributed by atoms with van der Waals surface area (Å²) < 4.78 is 7.30. The molecule has 200 valence electrons. The lowest BCUT2D eigenvalue weighted by atomic mass is 10.1. The largest absolute Gasteiger partial charge is 0.379 e. The van der Waals surface area contributed by atoms with Crippen LogP contribution in [0.15, 0.2) is 67.0 Å². The normalized spacial score (nSPS) is 15.7. The van der Waals surface area contributed by atoms with E-state index < -0.39 is 0 Å². The highest BCUT2D eigenvalue weighted by atomic mass is 16.5. The minimum Gasteiger partial charge on any atom is -0.379 e. The van der Waals surface area contributed by atoms with Gasteiger partial charge in [0.15, 0.2) is 0 Å². The van der Waals surface area contributed by atoms with Gasteiger partial charge in [-0.05, 0) is 55.2 Å². The molecule has 0 atom stereocenters. The number of aryl methyl sites for hydroxylation is 1. The first-order chi connectivity index (χ1) is 19.1. The molecule has 2 fully saturated rings. The van der Waals surface area contributed by atoms with E-state index >= 15 is 0 Å². The first-order valence-corrected chi connectivity index (χ1v) is 13.6. The number of hydrogen-bond acceptors (Lipinski definition) is 7. The van der Waals surface area contributed by atoms with Gasteiger partial charge in [0.2, 0.25) is 11.9 Å². The van der Waals surface area contributed by atoms with Crippen LogP contribution in [-0.2, 0) is 23.0 Å². The van der Waals surface area contributed by atoms with Crippen LogP contribution in [0.2, 0.25) is 0 Å². The first-order valence-electron chi connectivity index (χ1n) is 13.6. The van der Waals surface area contributed by atoms with Crippen molar-refractivity contribution in [3.63, 3.8) is 0 Å². The molecule has 2 N–H and O–H groups in total. The molecule has 39 heavy (non-hydrogen) atoms. The lowest BCUT2D eigenvalue weighted by Crippen LogP contribution is -2.37. The van der Waals surface area contributed by atoms with Crippen molar-refractivity contribution < 1.29 is 9.53 Å². The van der Waals surface area contributed by atoms with Crippen molar-refractivity contribution >= 4 is 23.2 Å². The summed E-state index contributed by atoms with van der Waals surface area (Å²) in [5.41, 5.74) is 6.68. The number of benzene rings is 2. The maximum atomic E-state index is 12.1. The monoisotopic (exact) mass is 523 g/mol. The number of anilines is 3. The number of ether oxygens (including phenoxy) is 1. The van der Waals surface area contributed by atoms with Gasteiger partial charge in [-0.15, -0.1) is 0 Å². The average molecular weight is 524 g/mol. The number of aromatic nitrogens is 4. The number of hydrogen-bond donors (Lipinski definition) is 2. The third-order valence-electron chi connectivity index (χ3n) is 7.25. The van der Waals surface area contributed by atoms with Gasteiger partial charge in [-0.3, -0.25) is 14.4 Å². The van der Waals surface area contributed by atoms with Crippen molar-refractivity contribution in [1.29, 1.82) is 0 Å². The molecule has 4 aromatic rings. The number of rotatable bonds is 9. The van der Waals surface area contributed by atoms with Crippen molar-refractivity contribution in [2.75, 3.05) is 43.5 Å². The summed E-state index contributed by atoms with van der Waals surface area (Å²) in [7, 11) is 1.92. The van der Waals surface area contributed by atoms with E-state index in [0.717, 1.165) is 86.0 Å². The van der Waals surface area contributed by atoms with E-state index in [9.17, 15) is 4.79 Å². The summed E-state index contributed by atoms with van der Waals surface area (Å²) in [5.74, 6) is 0.810. The van der Waals surface area contributed by atoms with Crippen molar-refractivity contribution in [3.8, 4) is 22.5 Å².